The second-order valence-electron chi connectivity index (χ2n) is 15.4. The van der Waals surface area contributed by atoms with Gasteiger partial charge in [-0.25, -0.2) is 13.4 Å². The van der Waals surface area contributed by atoms with E-state index in [1.807, 2.05) is 27.7 Å². The molecular weight excluding hydrogens is 705 g/mol. The van der Waals surface area contributed by atoms with Gasteiger partial charge in [-0.3, -0.25) is 20.2 Å². The number of aliphatic hydroxyl groups excluding tert-OH is 3. The van der Waals surface area contributed by atoms with E-state index in [0.29, 0.717) is 42.0 Å². The molecule has 0 spiro atoms. The summed E-state index contributed by atoms with van der Waals surface area (Å²) in [5, 5.41) is 62.9. The number of pyridine rings is 1. The van der Waals surface area contributed by atoms with Gasteiger partial charge in [0.2, 0.25) is 0 Å². The van der Waals surface area contributed by atoms with Gasteiger partial charge in [0.15, 0.2) is 9.84 Å². The molecule has 1 heterocycles. The van der Waals surface area contributed by atoms with Gasteiger partial charge in [-0.15, -0.1) is 0 Å². The van der Waals surface area contributed by atoms with Crippen LogP contribution >= 0.6 is 0 Å². The summed E-state index contributed by atoms with van der Waals surface area (Å²) in [6.07, 6.45) is 3.33. The number of nitro groups is 2. The van der Waals surface area contributed by atoms with Gasteiger partial charge in [-0.05, 0) is 75.6 Å². The Morgan fingerprint density at radius 3 is 1.92 bits per heavy atom. The second-order valence-corrected chi connectivity index (χ2v) is 17.4. The molecule has 4 rings (SSSR count). The van der Waals surface area contributed by atoms with Crippen molar-refractivity contribution in [3.8, 4) is 0 Å². The molecule has 2 atom stereocenters. The van der Waals surface area contributed by atoms with Gasteiger partial charge in [-0.1, -0.05) is 40.5 Å². The fraction of sp³-hybridized carbons (Fsp3) is 0.541. The number of nitro benzene ring substituents is 1. The van der Waals surface area contributed by atoms with Crippen LogP contribution in [0.4, 0.5) is 28.6 Å². The lowest BCUT2D eigenvalue weighted by Crippen LogP contribution is -2.60. The number of aliphatic hydroxyl groups is 3. The highest BCUT2D eigenvalue weighted by Gasteiger charge is 2.48. The molecule has 1 aromatic heterocycles. The zero-order valence-corrected chi connectivity index (χ0v) is 32.6. The van der Waals surface area contributed by atoms with Crippen LogP contribution < -0.4 is 16.0 Å². The van der Waals surface area contributed by atoms with Gasteiger partial charge in [-0.2, -0.15) is 0 Å². The minimum atomic E-state index is -3.36. The topological polar surface area (TPSA) is 230 Å². The summed E-state index contributed by atoms with van der Waals surface area (Å²) >= 11 is 0. The molecule has 0 radical (unpaired) electrons. The summed E-state index contributed by atoms with van der Waals surface area (Å²) in [6.45, 7) is 13.0. The summed E-state index contributed by atoms with van der Waals surface area (Å²) in [6, 6.07) is 12.2. The number of hydrogen-bond donors (Lipinski definition) is 6. The van der Waals surface area contributed by atoms with Crippen LogP contribution in [-0.2, 0) is 9.84 Å². The monoisotopic (exact) mass is 758 g/mol. The van der Waals surface area contributed by atoms with E-state index in [4.69, 9.17) is 5.11 Å². The minimum Gasteiger partial charge on any atom is -0.396 e. The fourth-order valence-electron chi connectivity index (χ4n) is 6.40. The van der Waals surface area contributed by atoms with Crippen molar-refractivity contribution in [2.24, 2.45) is 10.8 Å². The minimum absolute atomic E-state index is 0.0892. The smallest absolute Gasteiger partial charge is 0.290 e. The van der Waals surface area contributed by atoms with Gasteiger partial charge in [0.1, 0.15) is 11.5 Å². The molecule has 0 bridgehead atoms. The largest absolute Gasteiger partial charge is 0.396 e. The van der Waals surface area contributed by atoms with Crippen molar-refractivity contribution in [3.63, 3.8) is 0 Å². The van der Waals surface area contributed by atoms with Crippen LogP contribution in [-0.4, -0.2) is 82.3 Å². The number of nitrogens with one attached hydrogen (secondary N) is 3. The first kappa shape index (κ1) is 43.0. The highest BCUT2D eigenvalue weighted by Crippen LogP contribution is 2.41. The van der Waals surface area contributed by atoms with Crippen LogP contribution in [0, 0.1) is 51.8 Å². The number of anilines is 3. The Morgan fingerprint density at radius 1 is 0.868 bits per heavy atom. The third kappa shape index (κ3) is 11.1. The Kier molecular flexibility index (Phi) is 13.9. The molecule has 2 aromatic carbocycles. The number of aromatic nitrogens is 1. The van der Waals surface area contributed by atoms with E-state index in [9.17, 15) is 38.9 Å². The maximum Gasteiger partial charge on any atom is 0.290 e. The quantitative estimate of drug-likeness (QED) is 0.0781. The normalized spacial score (nSPS) is 15.5. The van der Waals surface area contributed by atoms with E-state index in [0.717, 1.165) is 18.5 Å². The first-order valence-corrected chi connectivity index (χ1v) is 19.3. The molecule has 3 aromatic rings. The first-order valence-electron chi connectivity index (χ1n) is 17.4. The van der Waals surface area contributed by atoms with Gasteiger partial charge >= 0.3 is 0 Å². The maximum absolute atomic E-state index is 12.0. The Balaban J connectivity index is 0.000000372. The lowest BCUT2D eigenvalue weighted by Gasteiger charge is -2.46. The highest BCUT2D eigenvalue weighted by molar-refractivity contribution is 7.90. The molecular formula is C37H54N6O9S. The molecule has 1 aliphatic carbocycles. The Bertz CT molecular complexity index is 1880. The SMILES string of the molecule is Cc1cc(NC2(C(O)C(Nc3ccc([N+](=O)[O-])c(C)n3)C(C)(C)CO)CCCC2)ccc1S(C)(=O)=O.Cc1cc(NCC(C)(C)CO)ccc1[N+](=O)[O-]. The molecule has 16 heteroatoms. The van der Waals surface area contributed by atoms with E-state index in [1.165, 1.54) is 24.5 Å². The van der Waals surface area contributed by atoms with Gasteiger partial charge < -0.3 is 31.3 Å². The van der Waals surface area contributed by atoms with Gasteiger partial charge in [0.05, 0.1) is 39.0 Å². The summed E-state index contributed by atoms with van der Waals surface area (Å²) in [5.74, 6) is 0.366. The lowest BCUT2D eigenvalue weighted by atomic mass is 9.74. The number of sulfone groups is 1. The molecule has 292 valence electrons. The van der Waals surface area contributed by atoms with Gasteiger partial charge in [0, 0.05) is 59.3 Å². The van der Waals surface area contributed by atoms with Crippen molar-refractivity contribution in [1.82, 2.24) is 4.98 Å². The molecule has 1 saturated carbocycles. The zero-order valence-electron chi connectivity index (χ0n) is 31.8. The fourth-order valence-corrected chi connectivity index (χ4v) is 7.36. The molecule has 2 unspecified atom stereocenters. The molecule has 1 fully saturated rings. The van der Waals surface area contributed by atoms with Crippen molar-refractivity contribution < 1.29 is 33.6 Å². The molecule has 6 N–H and O–H groups in total. The average Bonchev–Trinajstić information content (AvgIpc) is 3.55. The third-order valence-corrected chi connectivity index (χ3v) is 11.0. The Morgan fingerprint density at radius 2 is 1.43 bits per heavy atom. The van der Waals surface area contributed by atoms with Crippen molar-refractivity contribution >= 4 is 38.4 Å². The number of aryl methyl sites for hydroxylation is 3. The van der Waals surface area contributed by atoms with Crippen LogP contribution in [0.15, 0.2) is 53.4 Å². The zero-order chi connectivity index (χ0) is 39.9. The second kappa shape index (κ2) is 17.2. The maximum atomic E-state index is 12.0. The number of benzene rings is 2. The van der Waals surface area contributed by atoms with Crippen LogP contribution in [0.25, 0.3) is 0 Å². The van der Waals surface area contributed by atoms with E-state index in [1.54, 1.807) is 51.1 Å². The van der Waals surface area contributed by atoms with Crippen molar-refractivity contribution in [1.29, 1.82) is 0 Å². The van der Waals surface area contributed by atoms with E-state index in [2.05, 4.69) is 20.9 Å². The summed E-state index contributed by atoms with van der Waals surface area (Å²) < 4.78 is 24.1. The Labute approximate surface area is 311 Å². The van der Waals surface area contributed by atoms with E-state index in [-0.39, 0.29) is 40.6 Å². The standard InChI is InChI=1S/C25H36N4O6S.C12H18N2O3/c1-16-14-18(8-10-20(16)36(5,34)35)28-25(12-6-7-13-25)23(31)22(24(3,4)15-30)27-21-11-9-19(29(32)33)17(2)26-21;1-9-6-10(4-5-11(9)14(16)17)13-7-12(2,3)8-15/h8-11,14,22-23,28,30-31H,6-7,12-13,15H2,1-5H3,(H,26,27);4-6,13,15H,7-8H2,1-3H3. The van der Waals surface area contributed by atoms with Crippen molar-refractivity contribution in [2.45, 2.75) is 96.7 Å². The first-order chi connectivity index (χ1) is 24.6. The molecule has 0 saturated heterocycles. The number of nitrogens with zero attached hydrogens (tertiary/aromatic N) is 3. The van der Waals surface area contributed by atoms with Crippen molar-refractivity contribution in [2.75, 3.05) is 42.0 Å². The summed E-state index contributed by atoms with van der Waals surface area (Å²) in [5.41, 5.74) is 1.31. The lowest BCUT2D eigenvalue weighted by molar-refractivity contribution is -0.385. The molecule has 1 aliphatic rings. The molecule has 0 amide bonds. The predicted molar refractivity (Wildman–Crippen MR) is 206 cm³/mol. The van der Waals surface area contributed by atoms with Crippen LogP contribution in [0.3, 0.4) is 0 Å². The molecule has 15 nitrogen and oxygen atoms in total. The van der Waals surface area contributed by atoms with Crippen molar-refractivity contribution in [3.05, 3.63) is 85.6 Å². The third-order valence-electron chi connectivity index (χ3n) is 9.75. The molecule has 53 heavy (non-hydrogen) atoms. The number of hydrogen-bond acceptors (Lipinski definition) is 13. The van der Waals surface area contributed by atoms with E-state index < -0.39 is 42.8 Å². The summed E-state index contributed by atoms with van der Waals surface area (Å²) in [7, 11) is -3.36. The Hall–Kier alpha value is -4.38. The average molecular weight is 759 g/mol. The van der Waals surface area contributed by atoms with Crippen LogP contribution in [0.1, 0.15) is 70.2 Å². The highest BCUT2D eigenvalue weighted by atomic mass is 32.2. The van der Waals surface area contributed by atoms with Crippen LogP contribution in [0.5, 0.6) is 0 Å². The molecule has 0 aliphatic heterocycles. The summed E-state index contributed by atoms with van der Waals surface area (Å²) in [4.78, 5) is 25.5. The van der Waals surface area contributed by atoms with Crippen LogP contribution in [0.2, 0.25) is 0 Å². The predicted octanol–water partition coefficient (Wildman–Crippen LogP) is 5.93. The number of rotatable bonds is 15. The van der Waals surface area contributed by atoms with Gasteiger partial charge in [0.25, 0.3) is 11.4 Å². The van der Waals surface area contributed by atoms with E-state index >= 15 is 0 Å².